The van der Waals surface area contributed by atoms with Crippen molar-refractivity contribution in [3.05, 3.63) is 16.5 Å². The van der Waals surface area contributed by atoms with Crippen LogP contribution in [0.25, 0.3) is 11.2 Å². The SMILES string of the molecule is CC(=O)N1CCN(CCCc2nc3/c([nH]2)=C/SCC(C)N(C)/C=3N)CC1. The number of nitrogens with two attached hydrogens (primary N) is 1. The van der Waals surface area contributed by atoms with Gasteiger partial charge in [0.1, 0.15) is 17.0 Å². The number of aromatic nitrogens is 2. The van der Waals surface area contributed by atoms with Gasteiger partial charge in [-0.15, -0.1) is 11.8 Å². The second-order valence-corrected chi connectivity index (χ2v) is 8.10. The average Bonchev–Trinajstić information content (AvgIpc) is 3.02. The second kappa shape index (κ2) is 8.35. The van der Waals surface area contributed by atoms with Crippen LogP contribution in [0, 0.1) is 0 Å². The molecule has 0 spiro atoms. The molecule has 2 aliphatic heterocycles. The number of imidazole rings is 1. The number of aromatic amines is 1. The Balaban J connectivity index is 1.59. The van der Waals surface area contributed by atoms with Crippen LogP contribution in [0.2, 0.25) is 0 Å². The van der Waals surface area contributed by atoms with Crippen LogP contribution in [-0.4, -0.2) is 82.1 Å². The number of amides is 1. The van der Waals surface area contributed by atoms with Gasteiger partial charge in [-0.1, -0.05) is 0 Å². The molecule has 3 rings (SSSR count). The summed E-state index contributed by atoms with van der Waals surface area (Å²) in [6, 6.07) is 0.387. The lowest BCUT2D eigenvalue weighted by atomic mass is 10.2. The minimum absolute atomic E-state index is 0.180. The van der Waals surface area contributed by atoms with Crippen LogP contribution in [0.4, 0.5) is 0 Å². The molecule has 3 heterocycles. The molecule has 1 amide bonds. The van der Waals surface area contributed by atoms with Crippen molar-refractivity contribution >= 4 is 28.9 Å². The highest BCUT2D eigenvalue weighted by molar-refractivity contribution is 8.06. The molecule has 0 radical (unpaired) electrons. The fraction of sp³-hybridized carbons (Fsp3) is 0.667. The molecule has 1 atom stereocenters. The molecule has 26 heavy (non-hydrogen) atoms. The Morgan fingerprint density at radius 2 is 2.12 bits per heavy atom. The molecule has 144 valence electrons. The Bertz CT molecular complexity index is 752. The second-order valence-electron chi connectivity index (χ2n) is 7.19. The highest BCUT2D eigenvalue weighted by atomic mass is 32.2. The van der Waals surface area contributed by atoms with Gasteiger partial charge in [0, 0.05) is 58.4 Å². The van der Waals surface area contributed by atoms with Gasteiger partial charge in [0.05, 0.1) is 5.35 Å². The number of aryl methyl sites for hydroxylation is 1. The maximum absolute atomic E-state index is 11.4. The van der Waals surface area contributed by atoms with Crippen LogP contribution in [0.3, 0.4) is 0 Å². The minimum Gasteiger partial charge on any atom is -0.384 e. The van der Waals surface area contributed by atoms with Gasteiger partial charge in [0.15, 0.2) is 0 Å². The summed E-state index contributed by atoms with van der Waals surface area (Å²) < 4.78 is 0. The Morgan fingerprint density at radius 1 is 1.38 bits per heavy atom. The molecule has 0 aliphatic carbocycles. The Kier molecular flexibility index (Phi) is 6.13. The minimum atomic E-state index is 0.180. The summed E-state index contributed by atoms with van der Waals surface area (Å²) in [4.78, 5) is 26.1. The summed E-state index contributed by atoms with van der Waals surface area (Å²) >= 11 is 1.80. The highest BCUT2D eigenvalue weighted by Crippen LogP contribution is 2.12. The van der Waals surface area contributed by atoms with E-state index in [1.54, 1.807) is 18.7 Å². The van der Waals surface area contributed by atoms with Gasteiger partial charge in [-0.3, -0.25) is 9.69 Å². The van der Waals surface area contributed by atoms with Crippen molar-refractivity contribution in [1.29, 1.82) is 0 Å². The summed E-state index contributed by atoms with van der Waals surface area (Å²) in [6.45, 7) is 8.46. The number of thioether (sulfide) groups is 1. The fourth-order valence-corrected chi connectivity index (χ4v) is 4.32. The van der Waals surface area contributed by atoms with Crippen molar-refractivity contribution in [1.82, 2.24) is 24.7 Å². The third-order valence-electron chi connectivity index (χ3n) is 5.31. The van der Waals surface area contributed by atoms with E-state index in [0.29, 0.717) is 6.04 Å². The Morgan fingerprint density at radius 3 is 2.81 bits per heavy atom. The lowest BCUT2D eigenvalue weighted by molar-refractivity contribution is -0.130. The van der Waals surface area contributed by atoms with Crippen molar-refractivity contribution in [2.45, 2.75) is 32.7 Å². The molecule has 0 bridgehead atoms. The van der Waals surface area contributed by atoms with Crippen molar-refractivity contribution in [3.8, 4) is 0 Å². The molecular formula is C18H30N6OS. The molecule has 0 saturated carbocycles. The first-order valence-electron chi connectivity index (χ1n) is 9.33. The van der Waals surface area contributed by atoms with E-state index in [9.17, 15) is 4.79 Å². The molecule has 1 aromatic rings. The number of nitrogens with zero attached hydrogens (tertiary/aromatic N) is 4. The summed E-state index contributed by atoms with van der Waals surface area (Å²) in [5.74, 6) is 2.93. The summed E-state index contributed by atoms with van der Waals surface area (Å²) in [5.41, 5.74) is 6.34. The number of nitrogens with one attached hydrogen (secondary N) is 1. The molecule has 3 N–H and O–H groups in total. The number of fused-ring (bicyclic) bond motifs is 1. The van der Waals surface area contributed by atoms with Crippen molar-refractivity contribution < 1.29 is 4.79 Å². The average molecular weight is 379 g/mol. The first-order valence-corrected chi connectivity index (χ1v) is 10.4. The zero-order valence-electron chi connectivity index (χ0n) is 16.0. The number of carbonyl (C=O) groups is 1. The first kappa shape index (κ1) is 19.1. The number of piperazine rings is 1. The van der Waals surface area contributed by atoms with Crippen LogP contribution in [0.5, 0.6) is 0 Å². The topological polar surface area (TPSA) is 81.5 Å². The highest BCUT2D eigenvalue weighted by Gasteiger charge is 2.18. The number of carbonyl (C=O) groups excluding carboxylic acids is 1. The molecule has 1 unspecified atom stereocenters. The standard InChI is InChI=1S/C18H30N6OS/c1-13-11-26-12-15-17(18(19)22(13)3)21-16(20-15)5-4-6-23-7-9-24(10-8-23)14(2)25/h12-13H,4-11,19H2,1-3H3,(H,20,21)/b15-12-,18-17-. The molecule has 1 fully saturated rings. The van der Waals surface area contributed by atoms with E-state index in [1.807, 2.05) is 11.9 Å². The van der Waals surface area contributed by atoms with Crippen LogP contribution in [0.1, 0.15) is 26.1 Å². The quantitative estimate of drug-likeness (QED) is 0.724. The molecule has 8 heteroatoms. The van der Waals surface area contributed by atoms with E-state index in [2.05, 4.69) is 27.1 Å². The maximum atomic E-state index is 11.4. The van der Waals surface area contributed by atoms with E-state index < -0.39 is 0 Å². The van der Waals surface area contributed by atoms with Crippen LogP contribution in [0.15, 0.2) is 0 Å². The smallest absolute Gasteiger partial charge is 0.219 e. The predicted octanol–water partition coefficient (Wildman–Crippen LogP) is -0.664. The zero-order valence-corrected chi connectivity index (χ0v) is 16.8. The third-order valence-corrected chi connectivity index (χ3v) is 6.39. The number of hydrogen-bond donors (Lipinski definition) is 2. The normalized spacial score (nSPS) is 25.2. The lowest BCUT2D eigenvalue weighted by Crippen LogP contribution is -2.48. The Labute approximate surface area is 159 Å². The van der Waals surface area contributed by atoms with Crippen molar-refractivity contribution in [2.75, 3.05) is 45.5 Å². The molecule has 1 aromatic heterocycles. The van der Waals surface area contributed by atoms with Gasteiger partial charge < -0.3 is 20.5 Å². The molecule has 2 aliphatic rings. The summed E-state index contributed by atoms with van der Waals surface area (Å²) in [5, 5.41) is 4.04. The predicted molar refractivity (Wildman–Crippen MR) is 107 cm³/mol. The monoisotopic (exact) mass is 378 g/mol. The van der Waals surface area contributed by atoms with Gasteiger partial charge >= 0.3 is 0 Å². The number of rotatable bonds is 4. The van der Waals surface area contributed by atoms with E-state index >= 15 is 0 Å². The maximum Gasteiger partial charge on any atom is 0.219 e. The number of H-pyrrole nitrogens is 1. The number of hydrogen-bond acceptors (Lipinski definition) is 6. The van der Waals surface area contributed by atoms with E-state index in [-0.39, 0.29) is 5.91 Å². The van der Waals surface area contributed by atoms with E-state index in [4.69, 9.17) is 10.7 Å². The molecule has 7 nitrogen and oxygen atoms in total. The van der Waals surface area contributed by atoms with E-state index in [0.717, 1.165) is 73.7 Å². The zero-order chi connectivity index (χ0) is 18.7. The molecular weight excluding hydrogens is 348 g/mol. The first-order chi connectivity index (χ1) is 12.5. The third kappa shape index (κ3) is 4.35. The summed E-state index contributed by atoms with van der Waals surface area (Å²) in [7, 11) is 2.03. The van der Waals surface area contributed by atoms with Crippen molar-refractivity contribution in [2.24, 2.45) is 5.73 Å². The van der Waals surface area contributed by atoms with Crippen molar-refractivity contribution in [3.63, 3.8) is 0 Å². The van der Waals surface area contributed by atoms with Crippen LogP contribution < -0.4 is 16.4 Å². The van der Waals surface area contributed by atoms with Gasteiger partial charge in [0.25, 0.3) is 0 Å². The van der Waals surface area contributed by atoms with Crippen LogP contribution >= 0.6 is 11.8 Å². The molecule has 0 aromatic carbocycles. The summed E-state index contributed by atoms with van der Waals surface area (Å²) in [6.07, 6.45) is 1.96. The van der Waals surface area contributed by atoms with Gasteiger partial charge in [-0.2, -0.15) is 0 Å². The van der Waals surface area contributed by atoms with Gasteiger partial charge in [-0.05, 0) is 25.3 Å². The van der Waals surface area contributed by atoms with Crippen LogP contribution in [-0.2, 0) is 11.2 Å². The largest absolute Gasteiger partial charge is 0.384 e. The van der Waals surface area contributed by atoms with E-state index in [1.165, 1.54) is 0 Å². The van der Waals surface area contributed by atoms with Gasteiger partial charge in [-0.25, -0.2) is 4.98 Å². The van der Waals surface area contributed by atoms with Gasteiger partial charge in [0.2, 0.25) is 5.91 Å². The fourth-order valence-electron chi connectivity index (χ4n) is 3.38. The molecule has 1 saturated heterocycles. The Hall–Kier alpha value is -1.67. The lowest BCUT2D eigenvalue weighted by Gasteiger charge is -2.34.